The van der Waals surface area contributed by atoms with Crippen LogP contribution >= 0.6 is 0 Å². The number of Topliss-reactive ketones (excluding diaryl/α,β-unsaturated/α-hetero) is 1. The molecular weight excluding hydrogens is 354 g/mol. The highest BCUT2D eigenvalue weighted by Gasteiger charge is 2.45. The van der Waals surface area contributed by atoms with E-state index in [1.54, 1.807) is 12.1 Å². The van der Waals surface area contributed by atoms with Crippen LogP contribution in [0.4, 0.5) is 5.69 Å². The average molecular weight is 379 g/mol. The van der Waals surface area contributed by atoms with Crippen LogP contribution in [0.25, 0.3) is 0 Å². The Labute approximate surface area is 164 Å². The molecule has 2 N–H and O–H groups in total. The van der Waals surface area contributed by atoms with Crippen LogP contribution in [-0.2, 0) is 9.59 Å². The summed E-state index contributed by atoms with van der Waals surface area (Å²) >= 11 is 0. The highest BCUT2D eigenvalue weighted by atomic mass is 16.3. The predicted molar refractivity (Wildman–Crippen MR) is 108 cm³/mol. The molecule has 1 heterocycles. The zero-order valence-corrected chi connectivity index (χ0v) is 16.6. The van der Waals surface area contributed by atoms with Gasteiger partial charge in [0.2, 0.25) is 0 Å². The molecule has 3 rings (SSSR count). The fraction of sp³-hybridized carbons (Fsp3) is 0.304. The lowest BCUT2D eigenvalue weighted by atomic mass is 9.91. The largest absolute Gasteiger partial charge is 0.506 e. The number of hydrogen-bond donors (Lipinski definition) is 2. The van der Waals surface area contributed by atoms with Crippen molar-refractivity contribution in [2.24, 2.45) is 5.92 Å². The second-order valence-corrected chi connectivity index (χ2v) is 7.77. The minimum absolute atomic E-state index is 0.0815. The third-order valence-electron chi connectivity index (χ3n) is 4.85. The van der Waals surface area contributed by atoms with Crippen molar-refractivity contribution in [1.82, 2.24) is 0 Å². The van der Waals surface area contributed by atoms with E-state index in [4.69, 9.17) is 0 Å². The average Bonchev–Trinajstić information content (AvgIpc) is 2.88. The van der Waals surface area contributed by atoms with E-state index >= 15 is 0 Å². The van der Waals surface area contributed by atoms with Gasteiger partial charge in [0.1, 0.15) is 5.75 Å². The van der Waals surface area contributed by atoms with Crippen LogP contribution in [0, 0.1) is 19.8 Å². The molecule has 1 aliphatic heterocycles. The summed E-state index contributed by atoms with van der Waals surface area (Å²) in [5, 5.41) is 21.0. The number of aliphatic hydroxyl groups is 1. The van der Waals surface area contributed by atoms with Crippen molar-refractivity contribution in [3.05, 3.63) is 70.5 Å². The molecule has 28 heavy (non-hydrogen) atoms. The smallest absolute Gasteiger partial charge is 0.294 e. The maximum absolute atomic E-state index is 13.0. The molecule has 0 aliphatic carbocycles. The number of nitrogens with zero attached hydrogens (tertiary/aromatic N) is 1. The van der Waals surface area contributed by atoms with Crippen LogP contribution in [0.2, 0.25) is 0 Å². The standard InChI is InChI=1S/C23H25NO4/c1-13(2)10-19(26)20-21(16-7-5-6-14(3)11-16)24(23(28)22(20)27)17-12-15(4)8-9-18(17)25/h5-9,11-13,21,25,27H,10H2,1-4H3. The number of anilines is 1. The Bertz CT molecular complexity index is 974. The van der Waals surface area contributed by atoms with Crippen molar-refractivity contribution < 1.29 is 19.8 Å². The van der Waals surface area contributed by atoms with Crippen molar-refractivity contribution in [3.63, 3.8) is 0 Å². The minimum Gasteiger partial charge on any atom is -0.506 e. The van der Waals surface area contributed by atoms with Crippen LogP contribution in [0.1, 0.15) is 43.0 Å². The number of carbonyl (C=O) groups excluding carboxylic acids is 2. The number of aromatic hydroxyl groups is 1. The molecule has 1 amide bonds. The number of aryl methyl sites for hydroxylation is 2. The number of hydrogen-bond acceptors (Lipinski definition) is 4. The van der Waals surface area contributed by atoms with Gasteiger partial charge in [-0.2, -0.15) is 0 Å². The Morgan fingerprint density at radius 2 is 1.75 bits per heavy atom. The van der Waals surface area contributed by atoms with E-state index in [0.717, 1.165) is 11.1 Å². The van der Waals surface area contributed by atoms with E-state index in [-0.39, 0.29) is 35.1 Å². The molecule has 1 unspecified atom stereocenters. The van der Waals surface area contributed by atoms with Gasteiger partial charge in [-0.25, -0.2) is 0 Å². The van der Waals surface area contributed by atoms with Crippen molar-refractivity contribution in [2.45, 2.75) is 40.2 Å². The lowest BCUT2D eigenvalue weighted by molar-refractivity contribution is -0.118. The molecule has 0 fully saturated rings. The topological polar surface area (TPSA) is 77.8 Å². The second kappa shape index (κ2) is 7.50. The first-order chi connectivity index (χ1) is 13.2. The van der Waals surface area contributed by atoms with Gasteiger partial charge in [0.05, 0.1) is 17.3 Å². The first-order valence-corrected chi connectivity index (χ1v) is 9.36. The zero-order valence-electron chi connectivity index (χ0n) is 16.6. The number of carbonyl (C=O) groups is 2. The number of phenolic OH excluding ortho intramolecular Hbond substituents is 1. The van der Waals surface area contributed by atoms with E-state index in [1.165, 1.54) is 11.0 Å². The SMILES string of the molecule is Cc1cccc(C2C(C(=O)CC(C)C)=C(O)C(=O)N2c2cc(C)ccc2O)c1. The predicted octanol–water partition coefficient (Wildman–Crippen LogP) is 4.52. The third kappa shape index (κ3) is 3.52. The maximum Gasteiger partial charge on any atom is 0.294 e. The van der Waals surface area contributed by atoms with Crippen molar-refractivity contribution in [1.29, 1.82) is 0 Å². The van der Waals surface area contributed by atoms with Crippen LogP contribution in [0.3, 0.4) is 0 Å². The molecular formula is C23H25NO4. The van der Waals surface area contributed by atoms with Crippen LogP contribution < -0.4 is 4.90 Å². The first-order valence-electron chi connectivity index (χ1n) is 9.36. The highest BCUT2D eigenvalue weighted by Crippen LogP contribution is 2.44. The van der Waals surface area contributed by atoms with Gasteiger partial charge in [-0.1, -0.05) is 49.7 Å². The van der Waals surface area contributed by atoms with E-state index in [1.807, 2.05) is 52.0 Å². The molecule has 0 aromatic heterocycles. The minimum atomic E-state index is -0.786. The molecule has 0 saturated carbocycles. The van der Waals surface area contributed by atoms with E-state index < -0.39 is 17.7 Å². The van der Waals surface area contributed by atoms with Gasteiger partial charge in [-0.15, -0.1) is 0 Å². The maximum atomic E-state index is 13.0. The van der Waals surface area contributed by atoms with Gasteiger partial charge < -0.3 is 10.2 Å². The lowest BCUT2D eigenvalue weighted by Gasteiger charge is -2.28. The summed E-state index contributed by atoms with van der Waals surface area (Å²) in [7, 11) is 0. The lowest BCUT2D eigenvalue weighted by Crippen LogP contribution is -2.31. The first kappa shape index (κ1) is 19.7. The van der Waals surface area contributed by atoms with Gasteiger partial charge in [0.15, 0.2) is 11.5 Å². The Morgan fingerprint density at radius 1 is 1.07 bits per heavy atom. The molecule has 2 aromatic rings. The number of rotatable bonds is 5. The fourth-order valence-corrected chi connectivity index (χ4v) is 3.60. The van der Waals surface area contributed by atoms with Crippen molar-refractivity contribution in [2.75, 3.05) is 4.90 Å². The zero-order chi connectivity index (χ0) is 20.6. The third-order valence-corrected chi connectivity index (χ3v) is 4.85. The second-order valence-electron chi connectivity index (χ2n) is 7.77. The number of ketones is 1. The molecule has 5 nitrogen and oxygen atoms in total. The number of benzene rings is 2. The molecule has 1 atom stereocenters. The Kier molecular flexibility index (Phi) is 5.27. The molecule has 1 aliphatic rings. The number of aliphatic hydroxyl groups excluding tert-OH is 1. The van der Waals surface area contributed by atoms with Gasteiger partial charge in [0, 0.05) is 6.42 Å². The summed E-state index contributed by atoms with van der Waals surface area (Å²) in [6, 6.07) is 11.6. The van der Waals surface area contributed by atoms with Crippen molar-refractivity contribution >= 4 is 17.4 Å². The molecule has 0 bridgehead atoms. The Morgan fingerprint density at radius 3 is 2.39 bits per heavy atom. The highest BCUT2D eigenvalue weighted by molar-refractivity contribution is 6.17. The molecule has 5 heteroatoms. The summed E-state index contributed by atoms with van der Waals surface area (Å²) in [5.74, 6) is -1.48. The summed E-state index contributed by atoms with van der Waals surface area (Å²) in [4.78, 5) is 27.3. The summed E-state index contributed by atoms with van der Waals surface area (Å²) in [5.41, 5.74) is 2.90. The van der Waals surface area contributed by atoms with Crippen LogP contribution in [0.15, 0.2) is 53.8 Å². The van der Waals surface area contributed by atoms with E-state index in [9.17, 15) is 19.8 Å². The fourth-order valence-electron chi connectivity index (χ4n) is 3.60. The van der Waals surface area contributed by atoms with Gasteiger partial charge in [0.25, 0.3) is 5.91 Å². The van der Waals surface area contributed by atoms with Crippen LogP contribution in [0.5, 0.6) is 5.75 Å². The number of amides is 1. The molecule has 0 radical (unpaired) electrons. The monoisotopic (exact) mass is 379 g/mol. The molecule has 0 saturated heterocycles. The van der Waals surface area contributed by atoms with E-state index in [0.29, 0.717) is 5.56 Å². The van der Waals surface area contributed by atoms with Gasteiger partial charge in [-0.05, 0) is 43.0 Å². The van der Waals surface area contributed by atoms with E-state index in [2.05, 4.69) is 0 Å². The number of phenols is 1. The Hall–Kier alpha value is -3.08. The van der Waals surface area contributed by atoms with Gasteiger partial charge in [-0.3, -0.25) is 14.5 Å². The molecule has 2 aromatic carbocycles. The summed E-state index contributed by atoms with van der Waals surface area (Å²) in [6.07, 6.45) is 0.225. The van der Waals surface area contributed by atoms with Gasteiger partial charge >= 0.3 is 0 Å². The Balaban J connectivity index is 2.21. The van der Waals surface area contributed by atoms with Crippen LogP contribution in [-0.4, -0.2) is 21.9 Å². The summed E-state index contributed by atoms with van der Waals surface area (Å²) in [6.45, 7) is 7.60. The van der Waals surface area contributed by atoms with Crippen molar-refractivity contribution in [3.8, 4) is 5.75 Å². The summed E-state index contributed by atoms with van der Waals surface area (Å²) < 4.78 is 0. The normalized spacial score (nSPS) is 17.0. The quantitative estimate of drug-likeness (QED) is 0.800. The molecule has 146 valence electrons. The molecule has 0 spiro atoms.